The molecule has 1 aliphatic rings. The molecule has 4 rings (SSSR count). The number of carbonyl (C=O) groups is 1. The number of hydrogen-bond donors (Lipinski definition) is 1. The summed E-state index contributed by atoms with van der Waals surface area (Å²) in [6.45, 7) is 1.54. The van der Waals surface area contributed by atoms with Crippen LogP contribution in [0.5, 0.6) is 11.5 Å². The summed E-state index contributed by atoms with van der Waals surface area (Å²) < 4.78 is 16.3. The molecule has 1 N–H and O–H groups in total. The van der Waals surface area contributed by atoms with Gasteiger partial charge in [-0.15, -0.1) is 0 Å². The molecular formula is C21H20ClN3O4. The summed E-state index contributed by atoms with van der Waals surface area (Å²) in [5.41, 5.74) is 1.80. The zero-order valence-corrected chi connectivity index (χ0v) is 16.4. The number of ether oxygens (including phenoxy) is 2. The predicted octanol–water partition coefficient (Wildman–Crippen LogP) is 3.80. The number of benzene rings is 2. The van der Waals surface area contributed by atoms with Gasteiger partial charge < -0.3 is 19.3 Å². The summed E-state index contributed by atoms with van der Waals surface area (Å²) in [6, 6.07) is 12.9. The number of hydrogen-bond acceptors (Lipinski definition) is 6. The summed E-state index contributed by atoms with van der Waals surface area (Å²) in [6.07, 6.45) is 1.54. The standard InChI is InChI=1S/C21H20ClN3O4/c22-16-7-5-15(6-8-16)21-24-20(29-25-21)3-1-2-19(26)23-13-14-4-9-17-18(12-14)28-11-10-27-17/h4-9,12H,1-3,10-11,13H2,(H,23,26). The van der Waals surface area contributed by atoms with Crippen LogP contribution < -0.4 is 14.8 Å². The van der Waals surface area contributed by atoms with E-state index < -0.39 is 0 Å². The van der Waals surface area contributed by atoms with E-state index in [1.807, 2.05) is 30.3 Å². The topological polar surface area (TPSA) is 86.5 Å². The molecule has 0 unspecified atom stereocenters. The van der Waals surface area contributed by atoms with E-state index >= 15 is 0 Å². The second-order valence-electron chi connectivity index (χ2n) is 6.63. The van der Waals surface area contributed by atoms with Crippen molar-refractivity contribution in [1.82, 2.24) is 15.5 Å². The maximum Gasteiger partial charge on any atom is 0.226 e. The highest BCUT2D eigenvalue weighted by molar-refractivity contribution is 6.30. The molecule has 1 aliphatic heterocycles. The normalized spacial score (nSPS) is 12.6. The molecule has 8 heteroatoms. The third-order valence-corrected chi connectivity index (χ3v) is 4.71. The molecule has 7 nitrogen and oxygen atoms in total. The Labute approximate surface area is 173 Å². The molecule has 3 aromatic rings. The second-order valence-corrected chi connectivity index (χ2v) is 7.06. The van der Waals surface area contributed by atoms with Gasteiger partial charge in [0.2, 0.25) is 17.6 Å². The molecule has 29 heavy (non-hydrogen) atoms. The summed E-state index contributed by atoms with van der Waals surface area (Å²) in [4.78, 5) is 16.5. The van der Waals surface area contributed by atoms with Crippen molar-refractivity contribution in [2.45, 2.75) is 25.8 Å². The van der Waals surface area contributed by atoms with Gasteiger partial charge in [-0.1, -0.05) is 22.8 Å². The number of fused-ring (bicyclic) bond motifs is 1. The first-order chi connectivity index (χ1) is 14.2. The van der Waals surface area contributed by atoms with Crippen molar-refractivity contribution < 1.29 is 18.8 Å². The van der Waals surface area contributed by atoms with Crippen molar-refractivity contribution in [2.24, 2.45) is 0 Å². The fraction of sp³-hybridized carbons (Fsp3) is 0.286. The van der Waals surface area contributed by atoms with E-state index in [-0.39, 0.29) is 5.91 Å². The molecular weight excluding hydrogens is 394 g/mol. The SMILES string of the molecule is O=C(CCCc1nc(-c2ccc(Cl)cc2)no1)NCc1ccc2c(c1)OCCO2. The monoisotopic (exact) mass is 413 g/mol. The highest BCUT2D eigenvalue weighted by atomic mass is 35.5. The van der Waals surface area contributed by atoms with Crippen LogP contribution in [0.25, 0.3) is 11.4 Å². The molecule has 0 atom stereocenters. The Morgan fingerprint density at radius 3 is 2.69 bits per heavy atom. The van der Waals surface area contributed by atoms with Crippen LogP contribution in [-0.2, 0) is 17.8 Å². The first-order valence-corrected chi connectivity index (χ1v) is 9.79. The van der Waals surface area contributed by atoms with E-state index in [0.29, 0.717) is 55.8 Å². The molecule has 0 spiro atoms. The van der Waals surface area contributed by atoms with E-state index in [0.717, 1.165) is 22.6 Å². The van der Waals surface area contributed by atoms with Crippen molar-refractivity contribution in [3.05, 3.63) is 58.9 Å². The highest BCUT2D eigenvalue weighted by Gasteiger charge is 2.13. The van der Waals surface area contributed by atoms with Crippen LogP contribution in [0.1, 0.15) is 24.3 Å². The smallest absolute Gasteiger partial charge is 0.226 e. The van der Waals surface area contributed by atoms with Crippen molar-refractivity contribution in [3.8, 4) is 22.9 Å². The van der Waals surface area contributed by atoms with Crippen LogP contribution in [0.4, 0.5) is 0 Å². The van der Waals surface area contributed by atoms with Gasteiger partial charge in [0.25, 0.3) is 0 Å². The molecule has 1 amide bonds. The Morgan fingerprint density at radius 1 is 1.07 bits per heavy atom. The first kappa shape index (κ1) is 19.3. The summed E-state index contributed by atoms with van der Waals surface area (Å²) in [5.74, 6) is 2.45. The lowest BCUT2D eigenvalue weighted by atomic mass is 10.2. The summed E-state index contributed by atoms with van der Waals surface area (Å²) >= 11 is 5.88. The fourth-order valence-electron chi connectivity index (χ4n) is 2.96. The Morgan fingerprint density at radius 2 is 1.86 bits per heavy atom. The Balaban J connectivity index is 1.22. The van der Waals surface area contributed by atoms with Gasteiger partial charge in [0.05, 0.1) is 0 Å². The van der Waals surface area contributed by atoms with Gasteiger partial charge in [-0.05, 0) is 48.4 Å². The Bertz CT molecular complexity index is 988. The Hall–Kier alpha value is -3.06. The predicted molar refractivity (Wildman–Crippen MR) is 107 cm³/mol. The number of aromatic nitrogens is 2. The largest absolute Gasteiger partial charge is 0.486 e. The molecule has 0 radical (unpaired) electrons. The molecule has 0 aliphatic carbocycles. The minimum Gasteiger partial charge on any atom is -0.486 e. The van der Waals surface area contributed by atoms with Crippen LogP contribution in [0.2, 0.25) is 5.02 Å². The molecule has 1 aromatic heterocycles. The third kappa shape index (κ3) is 5.06. The van der Waals surface area contributed by atoms with Gasteiger partial charge >= 0.3 is 0 Å². The van der Waals surface area contributed by atoms with Gasteiger partial charge in [0, 0.05) is 30.0 Å². The number of nitrogens with one attached hydrogen (secondary N) is 1. The minimum absolute atomic E-state index is 0.0303. The van der Waals surface area contributed by atoms with E-state index in [1.165, 1.54) is 0 Å². The van der Waals surface area contributed by atoms with Crippen molar-refractivity contribution in [1.29, 1.82) is 0 Å². The lowest BCUT2D eigenvalue weighted by Crippen LogP contribution is -2.23. The zero-order valence-electron chi connectivity index (χ0n) is 15.7. The number of aryl methyl sites for hydroxylation is 1. The van der Waals surface area contributed by atoms with Crippen molar-refractivity contribution in [3.63, 3.8) is 0 Å². The second kappa shape index (κ2) is 8.96. The van der Waals surface area contributed by atoms with Crippen molar-refractivity contribution >= 4 is 17.5 Å². The van der Waals surface area contributed by atoms with Crippen molar-refractivity contribution in [2.75, 3.05) is 13.2 Å². The molecule has 2 aromatic carbocycles. The highest BCUT2D eigenvalue weighted by Crippen LogP contribution is 2.30. The number of carbonyl (C=O) groups excluding carboxylic acids is 1. The van der Waals surface area contributed by atoms with Gasteiger partial charge in [-0.25, -0.2) is 0 Å². The van der Waals surface area contributed by atoms with Crippen LogP contribution in [0.15, 0.2) is 47.0 Å². The first-order valence-electron chi connectivity index (χ1n) is 9.41. The van der Waals surface area contributed by atoms with Gasteiger partial charge in [-0.2, -0.15) is 4.98 Å². The van der Waals surface area contributed by atoms with Gasteiger partial charge in [0.1, 0.15) is 13.2 Å². The van der Waals surface area contributed by atoms with Crippen LogP contribution in [-0.4, -0.2) is 29.3 Å². The average molecular weight is 414 g/mol. The van der Waals surface area contributed by atoms with Crippen LogP contribution >= 0.6 is 11.6 Å². The van der Waals surface area contributed by atoms with Gasteiger partial charge in [-0.3, -0.25) is 4.79 Å². The van der Waals surface area contributed by atoms with E-state index in [9.17, 15) is 4.79 Å². The maximum absolute atomic E-state index is 12.1. The van der Waals surface area contributed by atoms with E-state index in [1.54, 1.807) is 12.1 Å². The van der Waals surface area contributed by atoms with Gasteiger partial charge in [0.15, 0.2) is 11.5 Å². The quantitative estimate of drug-likeness (QED) is 0.634. The fourth-order valence-corrected chi connectivity index (χ4v) is 3.09. The molecule has 2 heterocycles. The number of rotatable bonds is 7. The number of amides is 1. The van der Waals surface area contributed by atoms with Crippen LogP contribution in [0.3, 0.4) is 0 Å². The molecule has 0 fully saturated rings. The Kier molecular flexibility index (Phi) is 5.95. The minimum atomic E-state index is -0.0303. The third-order valence-electron chi connectivity index (χ3n) is 4.46. The molecule has 0 saturated carbocycles. The lowest BCUT2D eigenvalue weighted by Gasteiger charge is -2.18. The summed E-state index contributed by atoms with van der Waals surface area (Å²) in [7, 11) is 0. The maximum atomic E-state index is 12.1. The zero-order chi connectivity index (χ0) is 20.1. The number of nitrogens with zero attached hydrogens (tertiary/aromatic N) is 2. The molecule has 0 bridgehead atoms. The van der Waals surface area contributed by atoms with Crippen LogP contribution in [0, 0.1) is 0 Å². The number of halogens is 1. The summed E-state index contributed by atoms with van der Waals surface area (Å²) in [5, 5.41) is 7.54. The van der Waals surface area contributed by atoms with E-state index in [4.69, 9.17) is 25.6 Å². The molecule has 0 saturated heterocycles. The lowest BCUT2D eigenvalue weighted by molar-refractivity contribution is -0.121. The molecule has 150 valence electrons. The van der Waals surface area contributed by atoms with E-state index in [2.05, 4.69) is 15.5 Å². The average Bonchev–Trinajstić information content (AvgIpc) is 3.21.